The summed E-state index contributed by atoms with van der Waals surface area (Å²) in [5, 5.41) is 4.81. The molecule has 0 radical (unpaired) electrons. The van der Waals surface area contributed by atoms with Crippen molar-refractivity contribution in [1.82, 2.24) is 19.5 Å². The van der Waals surface area contributed by atoms with E-state index >= 15 is 0 Å². The van der Waals surface area contributed by atoms with Crippen LogP contribution in [0.15, 0.2) is 12.3 Å². The van der Waals surface area contributed by atoms with E-state index in [0.29, 0.717) is 16.7 Å². The Kier molecular flexibility index (Phi) is 3.99. The second kappa shape index (κ2) is 5.44. The molecule has 0 aromatic carbocycles. The third kappa shape index (κ3) is 3.21. The van der Waals surface area contributed by atoms with E-state index in [-0.39, 0.29) is 11.6 Å². The average Bonchev–Trinajstić information content (AvgIpc) is 2.78. The van der Waals surface area contributed by atoms with Gasteiger partial charge in [-0.3, -0.25) is 4.79 Å². The molecular weight excluding hydrogens is 292 g/mol. The molecule has 1 atom stereocenters. The van der Waals surface area contributed by atoms with E-state index in [9.17, 15) is 13.2 Å². The summed E-state index contributed by atoms with van der Waals surface area (Å²) >= 11 is 0. The van der Waals surface area contributed by atoms with Crippen molar-refractivity contribution < 1.29 is 13.2 Å². The van der Waals surface area contributed by atoms with Crippen molar-refractivity contribution in [2.24, 2.45) is 0 Å². The Morgan fingerprint density at radius 1 is 1.48 bits per heavy atom. The molecule has 2 rings (SSSR count). The molecule has 7 nitrogen and oxygen atoms in total. The molecule has 0 bridgehead atoms. The van der Waals surface area contributed by atoms with Crippen LogP contribution in [0.1, 0.15) is 42.4 Å². The van der Waals surface area contributed by atoms with Crippen LogP contribution in [0, 0.1) is 6.92 Å². The predicted octanol–water partition coefficient (Wildman–Crippen LogP) is 1.40. The summed E-state index contributed by atoms with van der Waals surface area (Å²) in [5.74, 6) is -0.670. The number of carbonyl (C=O) groups excluding carboxylic acids is 1. The first-order valence-corrected chi connectivity index (χ1v) is 8.49. The summed E-state index contributed by atoms with van der Waals surface area (Å²) in [4.78, 5) is 16.5. The third-order valence-corrected chi connectivity index (χ3v) is 3.78. The lowest BCUT2D eigenvalue weighted by Gasteiger charge is -2.11. The van der Waals surface area contributed by atoms with Crippen LogP contribution in [0.4, 0.5) is 0 Å². The van der Waals surface area contributed by atoms with Gasteiger partial charge in [-0.05, 0) is 26.3 Å². The third-order valence-electron chi connectivity index (χ3n) is 3.23. The van der Waals surface area contributed by atoms with Crippen LogP contribution in [0.3, 0.4) is 0 Å². The van der Waals surface area contributed by atoms with Crippen molar-refractivity contribution in [2.45, 2.75) is 33.2 Å². The Labute approximate surface area is 123 Å². The topological polar surface area (TPSA) is 94.0 Å². The second-order valence-corrected chi connectivity index (χ2v) is 6.85. The van der Waals surface area contributed by atoms with Gasteiger partial charge in [-0.1, -0.05) is 6.92 Å². The first-order chi connectivity index (χ1) is 9.73. The quantitative estimate of drug-likeness (QED) is 0.921. The van der Waals surface area contributed by atoms with E-state index in [2.05, 4.69) is 10.1 Å². The maximum atomic E-state index is 12.1. The molecule has 0 aliphatic heterocycles. The van der Waals surface area contributed by atoms with Gasteiger partial charge in [-0.2, -0.15) is 5.10 Å². The van der Waals surface area contributed by atoms with Gasteiger partial charge < -0.3 is 0 Å². The molecule has 1 unspecified atom stereocenters. The van der Waals surface area contributed by atoms with Crippen LogP contribution >= 0.6 is 0 Å². The van der Waals surface area contributed by atoms with E-state index in [1.165, 1.54) is 0 Å². The van der Waals surface area contributed by atoms with Gasteiger partial charge in [0.1, 0.15) is 0 Å². The van der Waals surface area contributed by atoms with Crippen molar-refractivity contribution in [1.29, 1.82) is 0 Å². The lowest BCUT2D eigenvalue weighted by molar-refractivity contribution is 0.0983. The molecule has 1 N–H and O–H groups in total. The van der Waals surface area contributed by atoms with E-state index in [0.717, 1.165) is 12.7 Å². The molecule has 2 heterocycles. The van der Waals surface area contributed by atoms with E-state index in [1.807, 2.05) is 18.6 Å². The summed E-state index contributed by atoms with van der Waals surface area (Å²) in [6.45, 7) is 5.79. The molecule has 2 aromatic heterocycles. The summed E-state index contributed by atoms with van der Waals surface area (Å²) < 4.78 is 26.2. The van der Waals surface area contributed by atoms with Crippen molar-refractivity contribution in [3.63, 3.8) is 0 Å². The van der Waals surface area contributed by atoms with Gasteiger partial charge in [0.15, 0.2) is 5.65 Å². The zero-order valence-corrected chi connectivity index (χ0v) is 13.2. The van der Waals surface area contributed by atoms with Crippen molar-refractivity contribution in [2.75, 3.05) is 6.26 Å². The standard InChI is InChI=1S/C13H18N4O3S/c1-5-9(3)17-12-11(7-14-17)10(6-8(2)15-12)13(18)16-21(4,19)20/h6-7,9H,5H2,1-4H3,(H,16,18). The van der Waals surface area contributed by atoms with Gasteiger partial charge in [0.25, 0.3) is 5.91 Å². The van der Waals surface area contributed by atoms with E-state index in [1.54, 1.807) is 23.9 Å². The van der Waals surface area contributed by atoms with Gasteiger partial charge in [-0.25, -0.2) is 22.8 Å². The summed E-state index contributed by atoms with van der Waals surface area (Å²) in [7, 11) is -3.61. The molecule has 21 heavy (non-hydrogen) atoms. The minimum atomic E-state index is -3.61. The Morgan fingerprint density at radius 2 is 2.14 bits per heavy atom. The van der Waals surface area contributed by atoms with Gasteiger partial charge in [0.05, 0.1) is 29.4 Å². The van der Waals surface area contributed by atoms with Gasteiger partial charge >= 0.3 is 0 Å². The van der Waals surface area contributed by atoms with Gasteiger partial charge in [-0.15, -0.1) is 0 Å². The highest BCUT2D eigenvalue weighted by Gasteiger charge is 2.19. The number of aryl methyl sites for hydroxylation is 1. The number of aromatic nitrogens is 3. The van der Waals surface area contributed by atoms with Crippen molar-refractivity contribution in [3.05, 3.63) is 23.5 Å². The number of amides is 1. The smallest absolute Gasteiger partial charge is 0.265 e. The number of sulfonamides is 1. The Balaban J connectivity index is 2.60. The first kappa shape index (κ1) is 15.4. The van der Waals surface area contributed by atoms with Crippen molar-refractivity contribution in [3.8, 4) is 0 Å². The molecular formula is C13H18N4O3S. The van der Waals surface area contributed by atoms with Crippen LogP contribution in [-0.2, 0) is 10.0 Å². The fraction of sp³-hybridized carbons (Fsp3) is 0.462. The fourth-order valence-corrected chi connectivity index (χ4v) is 2.50. The van der Waals surface area contributed by atoms with Crippen LogP contribution in [0.2, 0.25) is 0 Å². The van der Waals surface area contributed by atoms with E-state index < -0.39 is 15.9 Å². The number of hydrogen-bond donors (Lipinski definition) is 1. The highest BCUT2D eigenvalue weighted by molar-refractivity contribution is 7.89. The minimum absolute atomic E-state index is 0.141. The molecule has 0 aliphatic carbocycles. The lowest BCUT2D eigenvalue weighted by atomic mass is 10.1. The highest BCUT2D eigenvalue weighted by atomic mass is 32.2. The molecule has 114 valence electrons. The normalized spacial score (nSPS) is 13.3. The molecule has 1 amide bonds. The number of rotatable bonds is 4. The minimum Gasteiger partial charge on any atom is -0.268 e. The number of carbonyl (C=O) groups is 1. The molecule has 0 fully saturated rings. The van der Waals surface area contributed by atoms with E-state index in [4.69, 9.17) is 0 Å². The first-order valence-electron chi connectivity index (χ1n) is 6.60. The molecule has 0 spiro atoms. The van der Waals surface area contributed by atoms with Crippen LogP contribution in [0.25, 0.3) is 11.0 Å². The molecule has 2 aromatic rings. The number of pyridine rings is 1. The number of fused-ring (bicyclic) bond motifs is 1. The van der Waals surface area contributed by atoms with Gasteiger partial charge in [0, 0.05) is 5.69 Å². The molecule has 8 heteroatoms. The number of hydrogen-bond acceptors (Lipinski definition) is 5. The number of nitrogens with one attached hydrogen (secondary N) is 1. The average molecular weight is 310 g/mol. The zero-order chi connectivity index (χ0) is 15.8. The summed E-state index contributed by atoms with van der Waals surface area (Å²) in [6, 6.07) is 1.70. The van der Waals surface area contributed by atoms with Crippen LogP contribution in [0.5, 0.6) is 0 Å². The van der Waals surface area contributed by atoms with Gasteiger partial charge in [0.2, 0.25) is 10.0 Å². The zero-order valence-electron chi connectivity index (χ0n) is 12.4. The molecule has 0 saturated carbocycles. The maximum Gasteiger partial charge on any atom is 0.265 e. The van der Waals surface area contributed by atoms with Crippen molar-refractivity contribution >= 4 is 27.0 Å². The second-order valence-electron chi connectivity index (χ2n) is 5.10. The Hall–Kier alpha value is -1.96. The van der Waals surface area contributed by atoms with Crippen LogP contribution < -0.4 is 4.72 Å². The Morgan fingerprint density at radius 3 is 2.71 bits per heavy atom. The Bertz CT molecular complexity index is 795. The summed E-state index contributed by atoms with van der Waals surface area (Å²) in [6.07, 6.45) is 3.36. The summed E-state index contributed by atoms with van der Waals surface area (Å²) in [5.41, 5.74) is 1.48. The fourth-order valence-electron chi connectivity index (χ4n) is 2.05. The SMILES string of the molecule is CCC(C)n1ncc2c(C(=O)NS(C)(=O)=O)cc(C)nc21. The molecule has 0 aliphatic rings. The molecule has 0 saturated heterocycles. The maximum absolute atomic E-state index is 12.1. The number of nitrogens with zero attached hydrogens (tertiary/aromatic N) is 3. The highest BCUT2D eigenvalue weighted by Crippen LogP contribution is 2.22. The van der Waals surface area contributed by atoms with Crippen LogP contribution in [-0.4, -0.2) is 35.3 Å². The predicted molar refractivity (Wildman–Crippen MR) is 79.6 cm³/mol. The lowest BCUT2D eigenvalue weighted by Crippen LogP contribution is -2.29. The monoisotopic (exact) mass is 310 g/mol. The largest absolute Gasteiger partial charge is 0.268 e.